The van der Waals surface area contributed by atoms with Gasteiger partial charge in [-0.3, -0.25) is 4.98 Å². The zero-order valence-corrected chi connectivity index (χ0v) is 7.97. The van der Waals surface area contributed by atoms with Crippen LogP contribution in [0.4, 0.5) is 0 Å². The van der Waals surface area contributed by atoms with Crippen molar-refractivity contribution in [3.63, 3.8) is 0 Å². The number of hydrogen-bond acceptors (Lipinski definition) is 2. The summed E-state index contributed by atoms with van der Waals surface area (Å²) < 4.78 is 5.43. The van der Waals surface area contributed by atoms with Crippen LogP contribution in [0.3, 0.4) is 0 Å². The fourth-order valence-electron chi connectivity index (χ4n) is 1.64. The van der Waals surface area contributed by atoms with Gasteiger partial charge in [0.15, 0.2) is 0 Å². The smallest absolute Gasteiger partial charge is 0.135 e. The van der Waals surface area contributed by atoms with Crippen molar-refractivity contribution in [2.75, 3.05) is 0 Å². The highest BCUT2D eigenvalue weighted by molar-refractivity contribution is 5.92. The van der Waals surface area contributed by atoms with Crippen LogP contribution in [-0.4, -0.2) is 4.98 Å². The first-order chi connectivity index (χ1) is 7.45. The van der Waals surface area contributed by atoms with Gasteiger partial charge >= 0.3 is 0 Å². The number of benzene rings is 1. The summed E-state index contributed by atoms with van der Waals surface area (Å²) in [6.45, 7) is 0. The van der Waals surface area contributed by atoms with Crippen molar-refractivity contribution >= 4 is 11.0 Å². The number of nitrogens with zero attached hydrogens (tertiary/aromatic N) is 1. The molecule has 0 unspecified atom stereocenters. The lowest BCUT2D eigenvalue weighted by molar-refractivity contribution is 0.616. The molecule has 2 aromatic heterocycles. The lowest BCUT2D eigenvalue weighted by Gasteiger charge is -1.95. The highest BCUT2D eigenvalue weighted by Gasteiger charge is 2.07. The van der Waals surface area contributed by atoms with Crippen LogP contribution in [0.15, 0.2) is 53.3 Å². The number of rotatable bonds is 1. The zero-order valence-electron chi connectivity index (χ0n) is 7.97. The van der Waals surface area contributed by atoms with Gasteiger partial charge in [-0.25, -0.2) is 0 Å². The first-order valence-electron chi connectivity index (χ1n) is 4.74. The molecule has 3 aromatic rings. The van der Waals surface area contributed by atoms with Crippen molar-refractivity contribution in [1.82, 2.24) is 4.98 Å². The van der Waals surface area contributed by atoms with Crippen LogP contribution in [0.5, 0.6) is 0 Å². The lowest BCUT2D eigenvalue weighted by Crippen LogP contribution is -1.78. The maximum Gasteiger partial charge on any atom is 0.135 e. The fourth-order valence-corrected chi connectivity index (χ4v) is 1.64. The predicted octanol–water partition coefficient (Wildman–Crippen LogP) is 3.29. The van der Waals surface area contributed by atoms with Crippen LogP contribution >= 0.6 is 0 Å². The quantitative estimate of drug-likeness (QED) is 0.594. The van der Waals surface area contributed by atoms with Crippen LogP contribution in [0.2, 0.25) is 0 Å². The molecule has 2 heteroatoms. The molecule has 0 saturated heterocycles. The van der Waals surface area contributed by atoms with Gasteiger partial charge in [0.2, 0.25) is 0 Å². The van der Waals surface area contributed by atoms with Crippen molar-refractivity contribution in [2.24, 2.45) is 0 Å². The Morgan fingerprint density at radius 3 is 3.07 bits per heavy atom. The minimum atomic E-state index is 0.846. The summed E-state index contributed by atoms with van der Waals surface area (Å²) in [4.78, 5) is 4.30. The van der Waals surface area contributed by atoms with E-state index < -0.39 is 0 Å². The molecule has 71 valence electrons. The fraction of sp³-hybridized carbons (Fsp3) is 0. The minimum Gasteiger partial charge on any atom is -0.464 e. The summed E-state index contributed by atoms with van der Waals surface area (Å²) in [5.74, 6) is 0. The van der Waals surface area contributed by atoms with Gasteiger partial charge in [-0.2, -0.15) is 0 Å². The third-order valence-corrected chi connectivity index (χ3v) is 2.36. The van der Waals surface area contributed by atoms with E-state index in [1.165, 1.54) is 0 Å². The van der Waals surface area contributed by atoms with Crippen LogP contribution in [-0.2, 0) is 0 Å². The van der Waals surface area contributed by atoms with E-state index in [0.717, 1.165) is 22.2 Å². The molecular weight excluding hydrogens is 186 g/mol. The molecule has 0 atom stereocenters. The summed E-state index contributed by atoms with van der Waals surface area (Å²) >= 11 is 0. The van der Waals surface area contributed by atoms with Crippen molar-refractivity contribution in [3.05, 3.63) is 54.9 Å². The molecule has 1 aromatic carbocycles. The van der Waals surface area contributed by atoms with Gasteiger partial charge < -0.3 is 4.42 Å². The zero-order chi connectivity index (χ0) is 10.1. The Balaban J connectivity index is 2.28. The SMILES string of the molecule is [c]1ccc2c(-c3ccccn3)coc2c1. The number of aromatic nitrogens is 1. The Morgan fingerprint density at radius 1 is 1.20 bits per heavy atom. The third kappa shape index (κ3) is 1.31. The molecule has 15 heavy (non-hydrogen) atoms. The van der Waals surface area contributed by atoms with E-state index in [1.54, 1.807) is 12.5 Å². The lowest BCUT2D eigenvalue weighted by atomic mass is 10.1. The number of fused-ring (bicyclic) bond motifs is 1. The topological polar surface area (TPSA) is 26.0 Å². The molecule has 0 aliphatic carbocycles. The van der Waals surface area contributed by atoms with Crippen LogP contribution in [0.25, 0.3) is 22.2 Å². The Morgan fingerprint density at radius 2 is 2.20 bits per heavy atom. The van der Waals surface area contributed by atoms with Gasteiger partial charge in [0.25, 0.3) is 0 Å². The van der Waals surface area contributed by atoms with Gasteiger partial charge in [0.05, 0.1) is 5.69 Å². The summed E-state index contributed by atoms with van der Waals surface area (Å²) in [5, 5.41) is 1.08. The van der Waals surface area contributed by atoms with E-state index in [-0.39, 0.29) is 0 Å². The number of furan rings is 1. The van der Waals surface area contributed by atoms with Crippen LogP contribution in [0.1, 0.15) is 0 Å². The van der Waals surface area contributed by atoms with E-state index in [2.05, 4.69) is 11.1 Å². The van der Waals surface area contributed by atoms with Gasteiger partial charge in [0, 0.05) is 17.1 Å². The van der Waals surface area contributed by atoms with Gasteiger partial charge in [-0.1, -0.05) is 12.1 Å². The Kier molecular flexibility index (Phi) is 1.78. The molecule has 2 heterocycles. The predicted molar refractivity (Wildman–Crippen MR) is 58.3 cm³/mol. The largest absolute Gasteiger partial charge is 0.464 e. The van der Waals surface area contributed by atoms with E-state index >= 15 is 0 Å². The molecular formula is C13H8NO. The van der Waals surface area contributed by atoms with Gasteiger partial charge in [-0.05, 0) is 30.3 Å². The normalized spacial score (nSPS) is 10.7. The Labute approximate surface area is 87.2 Å². The summed E-state index contributed by atoms with van der Waals surface area (Å²) in [7, 11) is 0. The van der Waals surface area contributed by atoms with Crippen molar-refractivity contribution in [2.45, 2.75) is 0 Å². The van der Waals surface area contributed by atoms with E-state index in [4.69, 9.17) is 4.42 Å². The molecule has 3 rings (SSSR count). The molecule has 0 bridgehead atoms. The second kappa shape index (κ2) is 3.24. The maximum absolute atomic E-state index is 5.43. The number of pyridine rings is 1. The first-order valence-corrected chi connectivity index (χ1v) is 4.74. The Hall–Kier alpha value is -2.09. The molecule has 1 radical (unpaired) electrons. The average Bonchev–Trinajstić information content (AvgIpc) is 2.74. The molecule has 0 aliphatic rings. The van der Waals surface area contributed by atoms with Crippen molar-refractivity contribution in [3.8, 4) is 11.3 Å². The molecule has 0 N–H and O–H groups in total. The highest BCUT2D eigenvalue weighted by Crippen LogP contribution is 2.28. The first kappa shape index (κ1) is 8.24. The molecule has 0 aliphatic heterocycles. The highest BCUT2D eigenvalue weighted by atomic mass is 16.3. The third-order valence-electron chi connectivity index (χ3n) is 2.36. The van der Waals surface area contributed by atoms with Crippen LogP contribution < -0.4 is 0 Å². The van der Waals surface area contributed by atoms with E-state index in [1.807, 2.05) is 36.4 Å². The monoisotopic (exact) mass is 194 g/mol. The standard InChI is InChI=1S/C13H8NO/c1-2-7-13-10(5-1)11(9-15-13)12-6-3-4-8-14-12/h1,3-9H. The van der Waals surface area contributed by atoms with E-state index in [0.29, 0.717) is 0 Å². The Bertz CT molecular complexity index is 584. The number of hydrogen-bond donors (Lipinski definition) is 0. The minimum absolute atomic E-state index is 0.846. The average molecular weight is 194 g/mol. The van der Waals surface area contributed by atoms with Crippen molar-refractivity contribution in [1.29, 1.82) is 0 Å². The molecule has 0 amide bonds. The molecule has 0 saturated carbocycles. The maximum atomic E-state index is 5.43. The van der Waals surface area contributed by atoms with E-state index in [9.17, 15) is 0 Å². The van der Waals surface area contributed by atoms with Crippen LogP contribution in [0, 0.1) is 6.07 Å². The summed E-state index contributed by atoms with van der Waals surface area (Å²) in [6, 6.07) is 14.5. The van der Waals surface area contributed by atoms with Gasteiger partial charge in [-0.15, -0.1) is 0 Å². The summed E-state index contributed by atoms with van der Waals surface area (Å²) in [6.07, 6.45) is 3.52. The second-order valence-corrected chi connectivity index (χ2v) is 3.29. The molecule has 0 spiro atoms. The molecule has 0 fully saturated rings. The molecule has 2 nitrogen and oxygen atoms in total. The summed E-state index contributed by atoms with van der Waals surface area (Å²) in [5.41, 5.74) is 2.81. The van der Waals surface area contributed by atoms with Crippen molar-refractivity contribution < 1.29 is 4.42 Å². The van der Waals surface area contributed by atoms with Gasteiger partial charge in [0.1, 0.15) is 11.8 Å². The second-order valence-electron chi connectivity index (χ2n) is 3.29.